The monoisotopic (exact) mass is 192 g/mol. The molecule has 0 bridgehead atoms. The van der Waals surface area contributed by atoms with E-state index in [0.717, 1.165) is 18.0 Å². The molecule has 0 amide bonds. The fourth-order valence-corrected chi connectivity index (χ4v) is 1.46. The summed E-state index contributed by atoms with van der Waals surface area (Å²) in [5, 5.41) is 1.05. The molecule has 0 aliphatic carbocycles. The third kappa shape index (κ3) is 6.03. The molecule has 0 aliphatic rings. The second kappa shape index (κ2) is 6.27. The van der Waals surface area contributed by atoms with Crippen molar-refractivity contribution in [2.24, 2.45) is 5.92 Å². The predicted octanol–water partition coefficient (Wildman–Crippen LogP) is 2.39. The van der Waals surface area contributed by atoms with Crippen molar-refractivity contribution in [2.45, 2.75) is 26.2 Å². The molecule has 9 heavy (non-hydrogen) atoms. The van der Waals surface area contributed by atoms with E-state index in [1.165, 1.54) is 6.42 Å². The summed E-state index contributed by atoms with van der Waals surface area (Å²) >= 11 is 3.35. The minimum absolute atomic E-state index is 0.689. The molecular weight excluding hydrogens is 180 g/mol. The highest BCUT2D eigenvalue weighted by Crippen LogP contribution is 2.09. The zero-order chi connectivity index (χ0) is 7.11. The highest BCUT2D eigenvalue weighted by Gasteiger charge is 1.98. The standard InChI is InChI=1S/C7H13BrO/c1-7(4-5-8)3-2-6-9/h6-7H,2-5H2,1H3. The first-order chi connectivity index (χ1) is 4.31. The number of alkyl halides is 1. The molecule has 0 saturated carbocycles. The summed E-state index contributed by atoms with van der Waals surface area (Å²) in [7, 11) is 0. The largest absolute Gasteiger partial charge is 0.303 e. The summed E-state index contributed by atoms with van der Waals surface area (Å²) in [6.07, 6.45) is 3.92. The van der Waals surface area contributed by atoms with Gasteiger partial charge in [-0.25, -0.2) is 0 Å². The van der Waals surface area contributed by atoms with Crippen LogP contribution in [0.4, 0.5) is 0 Å². The van der Waals surface area contributed by atoms with E-state index in [0.29, 0.717) is 12.3 Å². The topological polar surface area (TPSA) is 17.1 Å². The number of aldehydes is 1. The van der Waals surface area contributed by atoms with Gasteiger partial charge in [0.05, 0.1) is 0 Å². The lowest BCUT2D eigenvalue weighted by Gasteiger charge is -2.04. The molecular formula is C7H13BrO. The minimum Gasteiger partial charge on any atom is -0.303 e. The number of rotatable bonds is 5. The first kappa shape index (κ1) is 9.15. The molecule has 0 spiro atoms. The normalized spacial score (nSPS) is 13.1. The van der Waals surface area contributed by atoms with Crippen LogP contribution >= 0.6 is 15.9 Å². The van der Waals surface area contributed by atoms with Gasteiger partial charge in [0.15, 0.2) is 0 Å². The number of halogens is 1. The Hall–Kier alpha value is 0.150. The van der Waals surface area contributed by atoms with E-state index in [1.54, 1.807) is 0 Å². The third-order valence-electron chi connectivity index (χ3n) is 1.38. The summed E-state index contributed by atoms with van der Waals surface area (Å²) in [5.74, 6) is 0.689. The van der Waals surface area contributed by atoms with Crippen LogP contribution in [0.5, 0.6) is 0 Å². The van der Waals surface area contributed by atoms with Crippen molar-refractivity contribution in [1.82, 2.24) is 0 Å². The molecule has 1 unspecified atom stereocenters. The van der Waals surface area contributed by atoms with Gasteiger partial charge in [-0.1, -0.05) is 22.9 Å². The summed E-state index contributed by atoms with van der Waals surface area (Å²) in [6, 6.07) is 0. The number of carbonyl (C=O) groups excluding carboxylic acids is 1. The van der Waals surface area contributed by atoms with E-state index in [4.69, 9.17) is 0 Å². The molecule has 0 aliphatic heterocycles. The predicted molar refractivity (Wildman–Crippen MR) is 42.9 cm³/mol. The average molecular weight is 193 g/mol. The molecule has 2 heteroatoms. The van der Waals surface area contributed by atoms with Gasteiger partial charge in [0, 0.05) is 11.8 Å². The highest BCUT2D eigenvalue weighted by atomic mass is 79.9. The maximum absolute atomic E-state index is 9.90. The highest BCUT2D eigenvalue weighted by molar-refractivity contribution is 9.09. The second-order valence-electron chi connectivity index (χ2n) is 2.33. The molecule has 0 fully saturated rings. The van der Waals surface area contributed by atoms with Gasteiger partial charge >= 0.3 is 0 Å². The summed E-state index contributed by atoms with van der Waals surface area (Å²) in [6.45, 7) is 2.17. The van der Waals surface area contributed by atoms with E-state index in [9.17, 15) is 4.79 Å². The van der Waals surface area contributed by atoms with Crippen molar-refractivity contribution in [1.29, 1.82) is 0 Å². The van der Waals surface area contributed by atoms with Crippen LogP contribution in [0.1, 0.15) is 26.2 Å². The lowest BCUT2D eigenvalue weighted by molar-refractivity contribution is -0.108. The van der Waals surface area contributed by atoms with E-state index in [-0.39, 0.29) is 0 Å². The lowest BCUT2D eigenvalue weighted by Crippen LogP contribution is -1.94. The Balaban J connectivity index is 3.04. The van der Waals surface area contributed by atoms with E-state index in [1.807, 2.05) is 0 Å². The number of hydrogen-bond donors (Lipinski definition) is 0. The summed E-state index contributed by atoms with van der Waals surface area (Å²) < 4.78 is 0. The maximum Gasteiger partial charge on any atom is 0.120 e. The Kier molecular flexibility index (Phi) is 6.38. The van der Waals surface area contributed by atoms with Crippen molar-refractivity contribution in [3.8, 4) is 0 Å². The Morgan fingerprint density at radius 2 is 2.22 bits per heavy atom. The fraction of sp³-hybridized carbons (Fsp3) is 0.857. The lowest BCUT2D eigenvalue weighted by atomic mass is 10.0. The van der Waals surface area contributed by atoms with E-state index in [2.05, 4.69) is 22.9 Å². The van der Waals surface area contributed by atoms with Gasteiger partial charge in [-0.2, -0.15) is 0 Å². The first-order valence-corrected chi connectivity index (χ1v) is 4.43. The van der Waals surface area contributed by atoms with Crippen LogP contribution in [0.2, 0.25) is 0 Å². The van der Waals surface area contributed by atoms with Gasteiger partial charge < -0.3 is 4.79 Å². The van der Waals surface area contributed by atoms with Crippen LogP contribution < -0.4 is 0 Å². The molecule has 0 radical (unpaired) electrons. The average Bonchev–Trinajstić information content (AvgIpc) is 1.85. The van der Waals surface area contributed by atoms with Crippen LogP contribution in [-0.2, 0) is 4.79 Å². The van der Waals surface area contributed by atoms with E-state index < -0.39 is 0 Å². The van der Waals surface area contributed by atoms with Crippen molar-refractivity contribution < 1.29 is 4.79 Å². The Morgan fingerprint density at radius 3 is 2.67 bits per heavy atom. The Morgan fingerprint density at radius 1 is 1.56 bits per heavy atom. The van der Waals surface area contributed by atoms with Gasteiger partial charge in [-0.05, 0) is 18.8 Å². The molecule has 0 aromatic rings. The van der Waals surface area contributed by atoms with Crippen molar-refractivity contribution in [3.63, 3.8) is 0 Å². The second-order valence-corrected chi connectivity index (χ2v) is 3.12. The maximum atomic E-state index is 9.90. The molecule has 0 heterocycles. The number of hydrogen-bond acceptors (Lipinski definition) is 1. The van der Waals surface area contributed by atoms with Gasteiger partial charge in [-0.15, -0.1) is 0 Å². The molecule has 0 rings (SSSR count). The quantitative estimate of drug-likeness (QED) is 0.484. The van der Waals surface area contributed by atoms with Crippen molar-refractivity contribution >= 4 is 22.2 Å². The van der Waals surface area contributed by atoms with Gasteiger partial charge in [0.1, 0.15) is 6.29 Å². The molecule has 0 N–H and O–H groups in total. The van der Waals surface area contributed by atoms with Crippen molar-refractivity contribution in [3.05, 3.63) is 0 Å². The Bertz CT molecular complexity index is 73.3. The number of carbonyl (C=O) groups is 1. The zero-order valence-electron chi connectivity index (χ0n) is 5.77. The molecule has 0 saturated heterocycles. The minimum atomic E-state index is 0.689. The molecule has 0 aromatic heterocycles. The SMILES string of the molecule is CC(CCBr)CCC=O. The van der Waals surface area contributed by atoms with Crippen LogP contribution in [-0.4, -0.2) is 11.6 Å². The van der Waals surface area contributed by atoms with Gasteiger partial charge in [-0.3, -0.25) is 0 Å². The molecule has 0 aromatic carbocycles. The molecule has 1 nitrogen and oxygen atoms in total. The van der Waals surface area contributed by atoms with E-state index >= 15 is 0 Å². The van der Waals surface area contributed by atoms with Gasteiger partial charge in [0.25, 0.3) is 0 Å². The van der Waals surface area contributed by atoms with Crippen molar-refractivity contribution in [2.75, 3.05) is 5.33 Å². The van der Waals surface area contributed by atoms with Crippen LogP contribution in [0, 0.1) is 5.92 Å². The summed E-state index contributed by atoms with van der Waals surface area (Å²) in [5.41, 5.74) is 0. The third-order valence-corrected chi connectivity index (χ3v) is 1.84. The van der Waals surface area contributed by atoms with Gasteiger partial charge in [0.2, 0.25) is 0 Å². The van der Waals surface area contributed by atoms with Crippen LogP contribution in [0.15, 0.2) is 0 Å². The molecule has 1 atom stereocenters. The molecule has 54 valence electrons. The Labute approximate surface area is 65.0 Å². The fourth-order valence-electron chi connectivity index (χ4n) is 0.683. The smallest absolute Gasteiger partial charge is 0.120 e. The first-order valence-electron chi connectivity index (χ1n) is 3.31. The van der Waals surface area contributed by atoms with Crippen LogP contribution in [0.25, 0.3) is 0 Å². The zero-order valence-corrected chi connectivity index (χ0v) is 7.36. The van der Waals surface area contributed by atoms with Crippen LogP contribution in [0.3, 0.4) is 0 Å². The summed E-state index contributed by atoms with van der Waals surface area (Å²) in [4.78, 5) is 9.90.